The fourth-order valence-corrected chi connectivity index (χ4v) is 3.14. The second-order valence-corrected chi connectivity index (χ2v) is 8.22. The van der Waals surface area contributed by atoms with E-state index < -0.39 is 5.92 Å². The molecule has 9 heteroatoms. The number of pyridine rings is 1. The molecule has 142 valence electrons. The molecule has 1 fully saturated rings. The molecular weight excluding hydrogens is 374 g/mol. The lowest BCUT2D eigenvalue weighted by Crippen LogP contribution is -2.56. The molecule has 1 aliphatic rings. The molecule has 4 heterocycles. The Morgan fingerprint density at radius 3 is 2.56 bits per heavy atom. The van der Waals surface area contributed by atoms with Crippen LogP contribution in [0.4, 0.5) is 14.6 Å². The van der Waals surface area contributed by atoms with Crippen molar-refractivity contribution >= 4 is 28.6 Å². The van der Waals surface area contributed by atoms with E-state index in [1.54, 1.807) is 29.6 Å². The van der Waals surface area contributed by atoms with Crippen molar-refractivity contribution in [3.05, 3.63) is 41.2 Å². The van der Waals surface area contributed by atoms with Crippen LogP contribution in [0.1, 0.15) is 32.3 Å². The van der Waals surface area contributed by atoms with E-state index in [4.69, 9.17) is 11.6 Å². The minimum Gasteiger partial charge on any atom is -0.342 e. The van der Waals surface area contributed by atoms with Crippen molar-refractivity contribution in [1.82, 2.24) is 24.5 Å². The van der Waals surface area contributed by atoms with E-state index in [-0.39, 0.29) is 18.5 Å². The second kappa shape index (κ2) is 6.09. The Labute approximate surface area is 160 Å². The molecule has 1 saturated heterocycles. The normalized spacial score (nSPS) is 16.6. The molecule has 0 bridgehead atoms. The number of aromatic nitrogens is 5. The van der Waals surface area contributed by atoms with Gasteiger partial charge in [0.15, 0.2) is 17.0 Å². The van der Waals surface area contributed by atoms with Crippen LogP contribution in [0.2, 0.25) is 5.02 Å². The lowest BCUT2D eigenvalue weighted by molar-refractivity contribution is -0.0265. The van der Waals surface area contributed by atoms with E-state index in [1.807, 2.05) is 25.3 Å². The fraction of sp³-hybridized carbons (Fsp3) is 0.444. The van der Waals surface area contributed by atoms with Crippen LogP contribution in [0.25, 0.3) is 11.2 Å². The Morgan fingerprint density at radius 1 is 1.19 bits per heavy atom. The summed E-state index contributed by atoms with van der Waals surface area (Å²) in [6.07, 6.45) is 3.29. The molecule has 3 aromatic rings. The van der Waals surface area contributed by atoms with Gasteiger partial charge < -0.3 is 9.47 Å². The van der Waals surface area contributed by atoms with Crippen LogP contribution in [0.3, 0.4) is 0 Å². The third-order valence-electron chi connectivity index (χ3n) is 4.42. The number of hydrogen-bond donors (Lipinski definition) is 0. The van der Waals surface area contributed by atoms with Crippen molar-refractivity contribution in [2.24, 2.45) is 0 Å². The minimum absolute atomic E-state index is 0.339. The lowest BCUT2D eigenvalue weighted by atomic mass is 9.95. The molecule has 0 atom stereocenters. The van der Waals surface area contributed by atoms with Crippen LogP contribution in [-0.2, 0) is 12.0 Å². The van der Waals surface area contributed by atoms with Crippen molar-refractivity contribution in [2.45, 2.75) is 38.7 Å². The van der Waals surface area contributed by atoms with Crippen LogP contribution in [0.5, 0.6) is 0 Å². The van der Waals surface area contributed by atoms with E-state index in [0.717, 1.165) is 0 Å². The highest BCUT2D eigenvalue weighted by atomic mass is 35.5. The largest absolute Gasteiger partial charge is 0.342 e. The first-order valence-electron chi connectivity index (χ1n) is 8.60. The van der Waals surface area contributed by atoms with Gasteiger partial charge in [-0.25, -0.2) is 23.7 Å². The lowest BCUT2D eigenvalue weighted by Gasteiger charge is -2.39. The monoisotopic (exact) mass is 392 g/mol. The van der Waals surface area contributed by atoms with Gasteiger partial charge in [-0.3, -0.25) is 4.98 Å². The molecule has 4 rings (SSSR count). The maximum Gasteiger partial charge on any atom is 0.282 e. The molecule has 1 aliphatic heterocycles. The highest BCUT2D eigenvalue weighted by Crippen LogP contribution is 2.35. The van der Waals surface area contributed by atoms with E-state index >= 15 is 0 Å². The summed E-state index contributed by atoms with van der Waals surface area (Å²) in [4.78, 5) is 19.5. The van der Waals surface area contributed by atoms with Gasteiger partial charge in [0.05, 0.1) is 36.7 Å². The van der Waals surface area contributed by atoms with Gasteiger partial charge in [0.2, 0.25) is 0 Å². The molecule has 0 saturated carbocycles. The van der Waals surface area contributed by atoms with Crippen LogP contribution in [0, 0.1) is 0 Å². The Balaban J connectivity index is 1.82. The Hall–Kier alpha value is -2.35. The quantitative estimate of drug-likeness (QED) is 0.680. The fourth-order valence-electron chi connectivity index (χ4n) is 2.96. The summed E-state index contributed by atoms with van der Waals surface area (Å²) in [5.41, 5.74) is 1.44. The first-order valence-corrected chi connectivity index (χ1v) is 8.97. The number of nitrogens with zero attached hydrogens (tertiary/aromatic N) is 6. The molecular formula is C18H19ClF2N6. The van der Waals surface area contributed by atoms with Crippen molar-refractivity contribution in [3.63, 3.8) is 0 Å². The molecule has 0 amide bonds. The Kier molecular flexibility index (Phi) is 4.06. The van der Waals surface area contributed by atoms with Gasteiger partial charge in [0.25, 0.3) is 5.92 Å². The van der Waals surface area contributed by atoms with E-state index in [1.165, 1.54) is 0 Å². The van der Waals surface area contributed by atoms with Gasteiger partial charge in [0, 0.05) is 11.6 Å². The molecule has 0 aliphatic carbocycles. The van der Waals surface area contributed by atoms with Crippen molar-refractivity contribution in [3.8, 4) is 0 Å². The third-order valence-corrected chi connectivity index (χ3v) is 4.76. The van der Waals surface area contributed by atoms with E-state index in [0.29, 0.717) is 40.1 Å². The first kappa shape index (κ1) is 18.0. The zero-order chi connectivity index (χ0) is 19.4. The number of rotatable bonds is 3. The summed E-state index contributed by atoms with van der Waals surface area (Å²) in [5.74, 6) is -1.67. The van der Waals surface area contributed by atoms with Gasteiger partial charge in [-0.1, -0.05) is 32.4 Å². The van der Waals surface area contributed by atoms with E-state index in [2.05, 4.69) is 19.9 Å². The van der Waals surface area contributed by atoms with Crippen molar-refractivity contribution in [2.75, 3.05) is 18.0 Å². The first-order chi connectivity index (χ1) is 12.6. The number of imidazole rings is 1. The number of anilines is 1. The summed E-state index contributed by atoms with van der Waals surface area (Å²) >= 11 is 6.22. The van der Waals surface area contributed by atoms with Gasteiger partial charge >= 0.3 is 0 Å². The molecule has 0 radical (unpaired) electrons. The highest BCUT2D eigenvalue weighted by Gasteiger charge is 2.45. The summed E-state index contributed by atoms with van der Waals surface area (Å²) in [6, 6.07) is 3.53. The van der Waals surface area contributed by atoms with Crippen LogP contribution < -0.4 is 4.90 Å². The maximum atomic E-state index is 13.4. The zero-order valence-corrected chi connectivity index (χ0v) is 16.0. The average molecular weight is 393 g/mol. The SMILES string of the molecule is CC(C)(C)c1nc(N2CC(F)(F)C2)c2ncn(Cc3ncccc3Cl)c2n1. The second-order valence-electron chi connectivity index (χ2n) is 7.81. The number of halogens is 3. The molecule has 3 aromatic heterocycles. The molecule has 0 unspecified atom stereocenters. The summed E-state index contributed by atoms with van der Waals surface area (Å²) in [7, 11) is 0. The summed E-state index contributed by atoms with van der Waals surface area (Å²) in [6.45, 7) is 5.62. The predicted molar refractivity (Wildman–Crippen MR) is 99.5 cm³/mol. The average Bonchev–Trinajstić information content (AvgIpc) is 2.96. The Bertz CT molecular complexity index is 1000. The zero-order valence-electron chi connectivity index (χ0n) is 15.2. The number of fused-ring (bicyclic) bond motifs is 1. The number of alkyl halides is 2. The third kappa shape index (κ3) is 3.34. The highest BCUT2D eigenvalue weighted by molar-refractivity contribution is 6.31. The smallest absolute Gasteiger partial charge is 0.282 e. The molecule has 0 aromatic carbocycles. The van der Waals surface area contributed by atoms with Gasteiger partial charge in [-0.15, -0.1) is 0 Å². The van der Waals surface area contributed by atoms with E-state index in [9.17, 15) is 8.78 Å². The summed E-state index contributed by atoms with van der Waals surface area (Å²) < 4.78 is 28.6. The van der Waals surface area contributed by atoms with Crippen molar-refractivity contribution in [1.29, 1.82) is 0 Å². The van der Waals surface area contributed by atoms with Crippen LogP contribution in [0.15, 0.2) is 24.7 Å². The summed E-state index contributed by atoms with van der Waals surface area (Å²) in [5, 5.41) is 0.548. The molecule has 6 nitrogen and oxygen atoms in total. The molecule has 0 N–H and O–H groups in total. The Morgan fingerprint density at radius 2 is 1.93 bits per heavy atom. The van der Waals surface area contributed by atoms with Gasteiger partial charge in [0.1, 0.15) is 5.82 Å². The van der Waals surface area contributed by atoms with Crippen LogP contribution >= 0.6 is 11.6 Å². The molecule has 0 spiro atoms. The molecule has 27 heavy (non-hydrogen) atoms. The number of hydrogen-bond acceptors (Lipinski definition) is 5. The maximum absolute atomic E-state index is 13.4. The van der Waals surface area contributed by atoms with Gasteiger partial charge in [-0.05, 0) is 12.1 Å². The van der Waals surface area contributed by atoms with Crippen LogP contribution in [-0.4, -0.2) is 43.5 Å². The standard InChI is InChI=1S/C18H19ClF2N6/c1-17(2,3)16-24-14-13(15(25-16)27-8-18(20,21)9-27)23-10-26(14)7-12-11(19)5-4-6-22-12/h4-6,10H,7-9H2,1-3H3. The topological polar surface area (TPSA) is 59.7 Å². The minimum atomic E-state index is -2.69. The van der Waals surface area contributed by atoms with Crippen molar-refractivity contribution < 1.29 is 8.78 Å². The predicted octanol–water partition coefficient (Wildman–Crippen LogP) is 3.68. The van der Waals surface area contributed by atoms with Gasteiger partial charge in [-0.2, -0.15) is 0 Å².